The van der Waals surface area contributed by atoms with Gasteiger partial charge < -0.3 is 9.16 Å². The number of fused-ring (bicyclic) bond motifs is 1. The molecule has 0 unspecified atom stereocenters. The number of carbonyl (C=O) groups is 1. The van der Waals surface area contributed by atoms with E-state index in [2.05, 4.69) is 33.9 Å². The van der Waals surface area contributed by atoms with Crippen molar-refractivity contribution in [1.29, 1.82) is 0 Å². The van der Waals surface area contributed by atoms with Crippen molar-refractivity contribution in [3.63, 3.8) is 0 Å². The van der Waals surface area contributed by atoms with Crippen LogP contribution >= 0.6 is 0 Å². The van der Waals surface area contributed by atoms with Crippen LogP contribution in [0.5, 0.6) is 0 Å². The third-order valence-corrected chi connectivity index (χ3v) is 11.1. The van der Waals surface area contributed by atoms with Crippen molar-refractivity contribution in [3.8, 4) is 5.69 Å². The quantitative estimate of drug-likeness (QED) is 0.535. The fraction of sp³-hybridized carbons (Fsp3) is 0.500. The summed E-state index contributed by atoms with van der Waals surface area (Å²) in [7, 11) is -2.14. The van der Waals surface area contributed by atoms with Crippen molar-refractivity contribution in [2.45, 2.75) is 70.4 Å². The van der Waals surface area contributed by atoms with Crippen molar-refractivity contribution in [3.05, 3.63) is 63.1 Å². The van der Waals surface area contributed by atoms with Crippen LogP contribution in [-0.4, -0.2) is 34.3 Å². The molecule has 2 bridgehead atoms. The molecule has 2 aliphatic heterocycles. The van der Waals surface area contributed by atoms with Crippen LogP contribution in [0.3, 0.4) is 0 Å². The first-order chi connectivity index (χ1) is 14.4. The first-order valence-electron chi connectivity index (χ1n) is 10.5. The number of rotatable bonds is 4. The van der Waals surface area contributed by atoms with E-state index in [1.165, 1.54) is 20.9 Å². The van der Waals surface area contributed by atoms with E-state index in [0.29, 0.717) is 17.9 Å². The zero-order valence-electron chi connectivity index (χ0n) is 18.8. The van der Waals surface area contributed by atoms with Gasteiger partial charge >= 0.3 is 17.3 Å². The van der Waals surface area contributed by atoms with E-state index in [4.69, 9.17) is 9.16 Å². The predicted molar refractivity (Wildman–Crippen MR) is 119 cm³/mol. The van der Waals surface area contributed by atoms with E-state index in [1.807, 2.05) is 6.07 Å². The molecule has 0 saturated carbocycles. The van der Waals surface area contributed by atoms with Gasteiger partial charge in [0.15, 0.2) is 8.32 Å². The van der Waals surface area contributed by atoms with Crippen molar-refractivity contribution >= 4 is 14.3 Å². The molecule has 166 valence electrons. The number of hydrogen-bond donors (Lipinski definition) is 0. The maximum absolute atomic E-state index is 13.4. The van der Waals surface area contributed by atoms with Crippen molar-refractivity contribution < 1.29 is 14.0 Å². The highest BCUT2D eigenvalue weighted by Gasteiger charge is 2.49. The van der Waals surface area contributed by atoms with E-state index in [-0.39, 0.29) is 11.1 Å². The fourth-order valence-corrected chi connectivity index (χ4v) is 5.42. The molecule has 31 heavy (non-hydrogen) atoms. The molecule has 2 aromatic rings. The molecule has 1 aromatic carbocycles. The first kappa shape index (κ1) is 21.6. The molecule has 0 saturated heterocycles. The van der Waals surface area contributed by atoms with E-state index >= 15 is 0 Å². The fourth-order valence-electron chi connectivity index (χ4n) is 4.08. The Bertz CT molecular complexity index is 1170. The lowest BCUT2D eigenvalue weighted by atomic mass is 9.91. The molecule has 3 aliphatic rings. The van der Waals surface area contributed by atoms with E-state index < -0.39 is 37.7 Å². The summed E-state index contributed by atoms with van der Waals surface area (Å²) in [5, 5.41) is -0.00722. The van der Waals surface area contributed by atoms with Gasteiger partial charge in [0.1, 0.15) is 17.8 Å². The summed E-state index contributed by atoms with van der Waals surface area (Å²) in [5.41, 5.74) is -0.371. The second-order valence-corrected chi connectivity index (χ2v) is 14.5. The third kappa shape index (κ3) is 3.45. The lowest BCUT2D eigenvalue weighted by Crippen LogP contribution is -2.53. The number of para-hydroxylation sites is 1. The minimum Gasteiger partial charge on any atom is -0.429 e. The second kappa shape index (κ2) is 7.20. The second-order valence-electron chi connectivity index (χ2n) is 9.75. The number of carbonyl (C=O) groups excluding carboxylic acids is 1. The maximum Gasteiger partial charge on any atom is 0.352 e. The van der Waals surface area contributed by atoms with Crippen molar-refractivity contribution in [1.82, 2.24) is 13.9 Å². The van der Waals surface area contributed by atoms with Crippen LogP contribution in [0.4, 0.5) is 0 Å². The van der Waals surface area contributed by atoms with Gasteiger partial charge in [0, 0.05) is 13.3 Å². The molecule has 0 amide bonds. The van der Waals surface area contributed by atoms with Gasteiger partial charge in [-0.3, -0.25) is 4.79 Å². The van der Waals surface area contributed by atoms with Gasteiger partial charge in [-0.1, -0.05) is 39.0 Å². The molecule has 0 radical (unpaired) electrons. The highest BCUT2D eigenvalue weighted by atomic mass is 28.4. The predicted octanol–water partition coefficient (Wildman–Crippen LogP) is 3.14. The zero-order valence-corrected chi connectivity index (χ0v) is 19.8. The molecule has 3 atom stereocenters. The lowest BCUT2D eigenvalue weighted by Gasteiger charge is -2.46. The number of nitrogens with zero attached hydrogens (tertiary/aromatic N) is 3. The maximum atomic E-state index is 13.4. The van der Waals surface area contributed by atoms with E-state index in [1.54, 1.807) is 30.3 Å². The highest BCUT2D eigenvalue weighted by Crippen LogP contribution is 2.45. The number of aromatic nitrogens is 3. The Morgan fingerprint density at radius 1 is 1.06 bits per heavy atom. The van der Waals surface area contributed by atoms with Gasteiger partial charge in [-0.25, -0.2) is 23.5 Å². The first-order valence-corrected chi connectivity index (χ1v) is 13.4. The molecule has 3 heterocycles. The number of ether oxygens (including phenoxy) is 1. The van der Waals surface area contributed by atoms with E-state index in [0.717, 1.165) is 0 Å². The highest BCUT2D eigenvalue weighted by molar-refractivity contribution is 6.74. The van der Waals surface area contributed by atoms with Crippen LogP contribution in [0.25, 0.3) is 5.69 Å². The SMILES string of the molecule is CC(=O)OC1=C[C@H]2[C@H](O[Si](C)(C)C(C)(C)C)C[C@@H]1n1c(=O)n(-c3ccccc3)c(=O)n12. The minimum absolute atomic E-state index is 0.00722. The number of esters is 1. The van der Waals surface area contributed by atoms with Crippen LogP contribution in [0.1, 0.15) is 46.2 Å². The van der Waals surface area contributed by atoms with Gasteiger partial charge in [-0.2, -0.15) is 0 Å². The standard InChI is InChI=1S/C22H29N3O5Si/c1-14(26)29-18-12-17-19(30-31(5,6)22(2,3)4)13-16(18)24-20(27)23(21(28)25(17)24)15-10-8-7-9-11-15/h7-12,16-17,19H,13H2,1-6H3/t16-,17-,19+/m0/s1. The Kier molecular flexibility index (Phi) is 5.01. The molecule has 0 N–H and O–H groups in total. The topological polar surface area (TPSA) is 84.5 Å². The summed E-state index contributed by atoms with van der Waals surface area (Å²) in [4.78, 5) is 38.4. The zero-order chi connectivity index (χ0) is 22.7. The minimum atomic E-state index is -2.14. The Morgan fingerprint density at radius 2 is 1.68 bits per heavy atom. The summed E-state index contributed by atoms with van der Waals surface area (Å²) >= 11 is 0. The van der Waals surface area contributed by atoms with Gasteiger partial charge in [-0.05, 0) is 36.3 Å². The monoisotopic (exact) mass is 443 g/mol. The Balaban J connectivity index is 1.85. The summed E-state index contributed by atoms with van der Waals surface area (Å²) in [6.45, 7) is 12.1. The smallest absolute Gasteiger partial charge is 0.352 e. The van der Waals surface area contributed by atoms with Gasteiger partial charge in [-0.15, -0.1) is 0 Å². The van der Waals surface area contributed by atoms with Gasteiger partial charge in [0.2, 0.25) is 0 Å². The molecular weight excluding hydrogens is 414 g/mol. The normalized spacial score (nSPS) is 22.8. The molecule has 1 aliphatic carbocycles. The Labute approximate surface area is 181 Å². The average Bonchev–Trinajstić information content (AvgIpc) is 2.94. The molecule has 5 rings (SSSR count). The summed E-state index contributed by atoms with van der Waals surface area (Å²) < 4.78 is 16.2. The summed E-state index contributed by atoms with van der Waals surface area (Å²) in [6, 6.07) is 7.73. The van der Waals surface area contributed by atoms with Gasteiger partial charge in [0.25, 0.3) is 0 Å². The lowest BCUT2D eigenvalue weighted by molar-refractivity contribution is -0.138. The number of allylic oxidation sites excluding steroid dienone is 1. The van der Waals surface area contributed by atoms with Crippen LogP contribution in [0.15, 0.2) is 51.8 Å². The molecule has 8 nitrogen and oxygen atoms in total. The average molecular weight is 444 g/mol. The van der Waals surface area contributed by atoms with Crippen LogP contribution in [0.2, 0.25) is 18.1 Å². The Morgan fingerprint density at radius 3 is 2.26 bits per heavy atom. The van der Waals surface area contributed by atoms with Crippen LogP contribution < -0.4 is 11.4 Å². The van der Waals surface area contributed by atoms with Crippen molar-refractivity contribution in [2.24, 2.45) is 0 Å². The van der Waals surface area contributed by atoms with Crippen molar-refractivity contribution in [2.75, 3.05) is 0 Å². The van der Waals surface area contributed by atoms with Crippen LogP contribution in [0, 0.1) is 0 Å². The molecular formula is C22H29N3O5Si. The molecule has 9 heteroatoms. The summed E-state index contributed by atoms with van der Waals surface area (Å²) in [6.07, 6.45) is 1.95. The Hall–Kier alpha value is -2.65. The molecule has 1 aromatic heterocycles. The number of benzene rings is 1. The van der Waals surface area contributed by atoms with E-state index in [9.17, 15) is 14.4 Å². The number of hydrogen-bond acceptors (Lipinski definition) is 5. The molecule has 0 fully saturated rings. The summed E-state index contributed by atoms with van der Waals surface area (Å²) in [5.74, 6) is -0.0509. The van der Waals surface area contributed by atoms with Crippen LogP contribution in [-0.2, 0) is 14.0 Å². The van der Waals surface area contributed by atoms with Gasteiger partial charge in [0.05, 0.1) is 11.8 Å². The largest absolute Gasteiger partial charge is 0.429 e. The third-order valence-electron chi connectivity index (χ3n) is 6.61. The molecule has 0 spiro atoms.